The molecule has 216 valence electrons. The first-order valence-electron chi connectivity index (χ1n) is 14.6. The van der Waals surface area contributed by atoms with Crippen molar-refractivity contribution < 1.29 is 9.53 Å². The number of anilines is 1. The molecular formula is C33H42N6O2. The van der Waals surface area contributed by atoms with Crippen molar-refractivity contribution in [3.05, 3.63) is 107 Å². The average Bonchev–Trinajstić information content (AvgIpc) is 3.49. The summed E-state index contributed by atoms with van der Waals surface area (Å²) in [4.78, 5) is 29.9. The van der Waals surface area contributed by atoms with E-state index in [1.807, 2.05) is 61.7 Å². The maximum absolute atomic E-state index is 13.0. The lowest BCUT2D eigenvalue weighted by Gasteiger charge is -2.22. The van der Waals surface area contributed by atoms with Crippen LogP contribution in [0.5, 0.6) is 5.75 Å². The van der Waals surface area contributed by atoms with Crippen molar-refractivity contribution in [1.29, 1.82) is 0 Å². The van der Waals surface area contributed by atoms with Gasteiger partial charge in [-0.1, -0.05) is 38.1 Å². The lowest BCUT2D eigenvalue weighted by Crippen LogP contribution is -2.24. The molecule has 0 radical (unpaired) electrons. The fourth-order valence-corrected chi connectivity index (χ4v) is 4.88. The minimum absolute atomic E-state index is 0.120. The first-order valence-corrected chi connectivity index (χ1v) is 14.6. The van der Waals surface area contributed by atoms with E-state index in [4.69, 9.17) is 4.74 Å². The molecule has 0 fully saturated rings. The van der Waals surface area contributed by atoms with Gasteiger partial charge in [0.05, 0.1) is 18.8 Å². The Morgan fingerprint density at radius 2 is 1.49 bits per heavy atom. The molecule has 0 aliphatic heterocycles. The molecule has 0 unspecified atom stereocenters. The Hall–Kier alpha value is -4.01. The summed E-state index contributed by atoms with van der Waals surface area (Å²) in [5.41, 5.74) is 4.65. The van der Waals surface area contributed by atoms with Gasteiger partial charge in [0.15, 0.2) is 0 Å². The summed E-state index contributed by atoms with van der Waals surface area (Å²) >= 11 is 0. The minimum Gasteiger partial charge on any atom is -0.492 e. The van der Waals surface area contributed by atoms with Crippen LogP contribution in [0.15, 0.2) is 79.3 Å². The molecule has 2 aromatic heterocycles. The van der Waals surface area contributed by atoms with Crippen molar-refractivity contribution >= 4 is 11.6 Å². The van der Waals surface area contributed by atoms with Crippen LogP contribution < -0.4 is 10.1 Å². The van der Waals surface area contributed by atoms with Gasteiger partial charge in [-0.25, -0.2) is 4.98 Å². The molecule has 0 atom stereocenters. The Morgan fingerprint density at radius 3 is 2.12 bits per heavy atom. The van der Waals surface area contributed by atoms with E-state index in [1.165, 1.54) is 5.56 Å². The van der Waals surface area contributed by atoms with Gasteiger partial charge in [0.1, 0.15) is 11.6 Å². The highest BCUT2D eigenvalue weighted by Crippen LogP contribution is 2.20. The number of H-pyrrole nitrogens is 1. The number of benzene rings is 2. The van der Waals surface area contributed by atoms with E-state index < -0.39 is 0 Å². The predicted octanol–water partition coefficient (Wildman–Crippen LogP) is 6.28. The molecule has 8 nitrogen and oxygen atoms in total. The number of nitrogens with one attached hydrogen (secondary N) is 2. The van der Waals surface area contributed by atoms with Crippen LogP contribution in [0.1, 0.15) is 66.6 Å². The molecule has 0 saturated heterocycles. The van der Waals surface area contributed by atoms with Gasteiger partial charge in [-0.05, 0) is 80.4 Å². The Kier molecular flexibility index (Phi) is 11.5. The molecule has 0 aliphatic carbocycles. The maximum Gasteiger partial charge on any atom is 0.255 e. The lowest BCUT2D eigenvalue weighted by atomic mass is 10.1. The number of carbonyl (C=O) groups is 1. The van der Waals surface area contributed by atoms with Gasteiger partial charge in [0.2, 0.25) is 0 Å². The molecule has 0 aliphatic rings. The van der Waals surface area contributed by atoms with Crippen LogP contribution in [0.2, 0.25) is 0 Å². The van der Waals surface area contributed by atoms with Crippen LogP contribution in [-0.4, -0.2) is 50.4 Å². The number of pyridine rings is 1. The van der Waals surface area contributed by atoms with Crippen LogP contribution in [0.25, 0.3) is 0 Å². The number of hydrogen-bond donors (Lipinski definition) is 2. The first kappa shape index (κ1) is 30.0. The number of aromatic amines is 1. The molecular weight excluding hydrogens is 512 g/mol. The van der Waals surface area contributed by atoms with E-state index in [1.54, 1.807) is 12.4 Å². The lowest BCUT2D eigenvalue weighted by molar-refractivity contribution is 0.102. The van der Waals surface area contributed by atoms with Crippen LogP contribution in [-0.2, 0) is 26.2 Å². The molecule has 1 amide bonds. The van der Waals surface area contributed by atoms with E-state index in [0.717, 1.165) is 61.0 Å². The van der Waals surface area contributed by atoms with E-state index in [9.17, 15) is 4.79 Å². The SMILES string of the molecule is CCCN(CCC)Cc1ccc(NC(=O)c2ccc(CN(Cc3ncc[nH]3)Cc3ncccc3OCC)cc2)cc1. The highest BCUT2D eigenvalue weighted by atomic mass is 16.5. The summed E-state index contributed by atoms with van der Waals surface area (Å²) in [7, 11) is 0. The van der Waals surface area contributed by atoms with Crippen molar-refractivity contribution in [1.82, 2.24) is 24.8 Å². The highest BCUT2D eigenvalue weighted by Gasteiger charge is 2.15. The van der Waals surface area contributed by atoms with Crippen LogP contribution in [0, 0.1) is 0 Å². The zero-order valence-corrected chi connectivity index (χ0v) is 24.5. The summed E-state index contributed by atoms with van der Waals surface area (Å²) in [6.45, 7) is 12.0. The highest BCUT2D eigenvalue weighted by molar-refractivity contribution is 6.04. The number of ether oxygens (including phenoxy) is 1. The Morgan fingerprint density at radius 1 is 0.805 bits per heavy atom. The topological polar surface area (TPSA) is 86.4 Å². The Balaban J connectivity index is 1.38. The van der Waals surface area contributed by atoms with E-state index in [0.29, 0.717) is 31.8 Å². The second kappa shape index (κ2) is 15.7. The maximum atomic E-state index is 13.0. The predicted molar refractivity (Wildman–Crippen MR) is 164 cm³/mol. The number of aromatic nitrogens is 3. The Labute approximate surface area is 243 Å². The standard InChI is InChI=1S/C33H42N6O2/c1-4-20-38(21-5-2)22-27-11-15-29(16-12-27)37-33(40)28-13-9-26(10-14-28)23-39(25-32-35-18-19-36-32)24-30-31(41-6-3)8-7-17-34-30/h7-19H,4-6,20-25H2,1-3H3,(H,35,36)(H,37,40). The third-order valence-electron chi connectivity index (χ3n) is 6.77. The molecule has 2 heterocycles. The second-order valence-corrected chi connectivity index (χ2v) is 10.2. The first-order chi connectivity index (χ1) is 20.1. The van der Waals surface area contributed by atoms with Crippen molar-refractivity contribution in [2.45, 2.75) is 59.8 Å². The van der Waals surface area contributed by atoms with Crippen molar-refractivity contribution in [3.63, 3.8) is 0 Å². The minimum atomic E-state index is -0.120. The van der Waals surface area contributed by atoms with Gasteiger partial charge in [-0.3, -0.25) is 19.6 Å². The number of nitrogens with zero attached hydrogens (tertiary/aromatic N) is 4. The molecule has 41 heavy (non-hydrogen) atoms. The molecule has 0 saturated carbocycles. The zero-order chi connectivity index (χ0) is 28.9. The van der Waals surface area contributed by atoms with Crippen molar-refractivity contribution in [3.8, 4) is 5.75 Å². The van der Waals surface area contributed by atoms with Crippen molar-refractivity contribution in [2.24, 2.45) is 0 Å². The quantitative estimate of drug-likeness (QED) is 0.170. The summed E-state index contributed by atoms with van der Waals surface area (Å²) < 4.78 is 5.80. The average molecular weight is 555 g/mol. The molecule has 8 heteroatoms. The van der Waals surface area contributed by atoms with Crippen LogP contribution in [0.3, 0.4) is 0 Å². The van der Waals surface area contributed by atoms with Gasteiger partial charge in [-0.2, -0.15) is 0 Å². The fraction of sp³-hybridized carbons (Fsp3) is 0.364. The molecule has 4 rings (SSSR count). The van der Waals surface area contributed by atoms with Crippen LogP contribution in [0.4, 0.5) is 5.69 Å². The molecule has 4 aromatic rings. The van der Waals surface area contributed by atoms with E-state index in [-0.39, 0.29) is 5.91 Å². The van der Waals surface area contributed by atoms with Gasteiger partial charge >= 0.3 is 0 Å². The van der Waals surface area contributed by atoms with Gasteiger partial charge in [-0.15, -0.1) is 0 Å². The van der Waals surface area contributed by atoms with Crippen LogP contribution >= 0.6 is 0 Å². The molecule has 2 aromatic carbocycles. The van der Waals surface area contributed by atoms with Gasteiger partial charge in [0, 0.05) is 49.5 Å². The largest absolute Gasteiger partial charge is 0.492 e. The second-order valence-electron chi connectivity index (χ2n) is 10.2. The number of amides is 1. The molecule has 0 bridgehead atoms. The fourth-order valence-electron chi connectivity index (χ4n) is 4.88. The molecule has 0 spiro atoms. The van der Waals surface area contributed by atoms with E-state index in [2.05, 4.69) is 56.0 Å². The zero-order valence-electron chi connectivity index (χ0n) is 24.5. The number of carbonyl (C=O) groups excluding carboxylic acids is 1. The Bertz CT molecular complexity index is 1320. The smallest absolute Gasteiger partial charge is 0.255 e. The third-order valence-corrected chi connectivity index (χ3v) is 6.77. The summed E-state index contributed by atoms with van der Waals surface area (Å²) in [6, 6.07) is 19.8. The number of hydrogen-bond acceptors (Lipinski definition) is 6. The van der Waals surface area contributed by atoms with Gasteiger partial charge in [0.25, 0.3) is 5.91 Å². The summed E-state index contributed by atoms with van der Waals surface area (Å²) in [5.74, 6) is 1.55. The summed E-state index contributed by atoms with van der Waals surface area (Å²) in [5, 5.41) is 3.03. The van der Waals surface area contributed by atoms with E-state index >= 15 is 0 Å². The number of imidazole rings is 1. The summed E-state index contributed by atoms with van der Waals surface area (Å²) in [6.07, 6.45) is 7.67. The monoisotopic (exact) mass is 554 g/mol. The third kappa shape index (κ3) is 9.27. The van der Waals surface area contributed by atoms with Crippen molar-refractivity contribution in [2.75, 3.05) is 25.0 Å². The number of rotatable bonds is 16. The van der Waals surface area contributed by atoms with Gasteiger partial charge < -0.3 is 15.0 Å². The molecule has 2 N–H and O–H groups in total. The normalized spacial score (nSPS) is 11.2.